The highest BCUT2D eigenvalue weighted by Gasteiger charge is 2.22. The Hall–Kier alpha value is -1.73. The molecular formula is C13H15N3O3S. The zero-order valence-electron chi connectivity index (χ0n) is 11.0. The second kappa shape index (κ2) is 4.99. The second-order valence-corrected chi connectivity index (χ2v) is 6.09. The fraction of sp³-hybridized carbons (Fsp3) is 0.462. The van der Waals surface area contributed by atoms with Crippen molar-refractivity contribution in [1.29, 1.82) is 0 Å². The van der Waals surface area contributed by atoms with E-state index in [-0.39, 0.29) is 24.0 Å². The zero-order valence-corrected chi connectivity index (χ0v) is 11.8. The van der Waals surface area contributed by atoms with E-state index >= 15 is 0 Å². The number of amides is 1. The molecule has 2 aromatic rings. The van der Waals surface area contributed by atoms with Crippen molar-refractivity contribution >= 4 is 27.5 Å². The van der Waals surface area contributed by atoms with Gasteiger partial charge < -0.3 is 15.4 Å². The van der Waals surface area contributed by atoms with Crippen molar-refractivity contribution in [3.05, 3.63) is 26.6 Å². The summed E-state index contributed by atoms with van der Waals surface area (Å²) in [7, 11) is 0. The van der Waals surface area contributed by atoms with Gasteiger partial charge in [0.2, 0.25) is 5.82 Å². The summed E-state index contributed by atoms with van der Waals surface area (Å²) < 4.78 is 0. The van der Waals surface area contributed by atoms with Crippen LogP contribution in [0.25, 0.3) is 10.2 Å². The van der Waals surface area contributed by atoms with Crippen molar-refractivity contribution in [3.63, 3.8) is 0 Å². The maximum atomic E-state index is 12.2. The van der Waals surface area contributed by atoms with E-state index in [4.69, 9.17) is 5.11 Å². The van der Waals surface area contributed by atoms with Gasteiger partial charge in [0.05, 0.1) is 12.0 Å². The average molecular weight is 293 g/mol. The molecule has 7 heteroatoms. The van der Waals surface area contributed by atoms with E-state index in [1.54, 1.807) is 6.92 Å². The molecule has 2 heterocycles. The van der Waals surface area contributed by atoms with Crippen LogP contribution in [-0.2, 0) is 12.8 Å². The van der Waals surface area contributed by atoms with Crippen molar-refractivity contribution in [2.45, 2.75) is 32.2 Å². The van der Waals surface area contributed by atoms with Crippen LogP contribution in [0.5, 0.6) is 0 Å². The molecule has 0 radical (unpaired) electrons. The molecule has 0 aromatic carbocycles. The molecule has 1 aliphatic carbocycles. The summed E-state index contributed by atoms with van der Waals surface area (Å²) in [6, 6.07) is -0.378. The predicted molar refractivity (Wildman–Crippen MR) is 76.3 cm³/mol. The summed E-state index contributed by atoms with van der Waals surface area (Å²) in [5.41, 5.74) is 0.839. The fourth-order valence-corrected chi connectivity index (χ4v) is 3.71. The number of carbonyl (C=O) groups excluding carboxylic acids is 1. The first-order valence-corrected chi connectivity index (χ1v) is 7.38. The molecule has 0 saturated carbocycles. The lowest BCUT2D eigenvalue weighted by Gasteiger charge is -2.09. The Labute approximate surface area is 118 Å². The Kier molecular flexibility index (Phi) is 3.31. The zero-order chi connectivity index (χ0) is 14.3. The molecule has 6 nitrogen and oxygen atoms in total. The monoisotopic (exact) mass is 293 g/mol. The summed E-state index contributed by atoms with van der Waals surface area (Å²) in [6.07, 6.45) is 2.97. The minimum Gasteiger partial charge on any atom is -0.394 e. The van der Waals surface area contributed by atoms with Gasteiger partial charge in [0.15, 0.2) is 0 Å². The topological polar surface area (TPSA) is 95.1 Å². The number of aliphatic hydroxyl groups is 1. The number of nitrogens with one attached hydrogen (secondary N) is 2. The Morgan fingerprint density at radius 2 is 2.35 bits per heavy atom. The summed E-state index contributed by atoms with van der Waals surface area (Å²) >= 11 is 1.50. The van der Waals surface area contributed by atoms with E-state index in [1.165, 1.54) is 16.2 Å². The number of aromatic amines is 1. The summed E-state index contributed by atoms with van der Waals surface area (Å²) in [4.78, 5) is 32.7. The second-order valence-electron chi connectivity index (χ2n) is 5.01. The molecule has 3 rings (SSSR count). The Balaban J connectivity index is 2.03. The molecule has 1 aliphatic rings. The standard InChI is InChI=1S/C13H15N3O3S/c1-6(5-17)14-12(19)10-15-11(18)9-7-3-2-4-8(7)20-13(9)16-10/h6,17H,2-5H2,1H3,(H,14,19)(H,15,16,18)/t6-/m1/s1. The van der Waals surface area contributed by atoms with Crippen molar-refractivity contribution < 1.29 is 9.90 Å². The third-order valence-corrected chi connectivity index (χ3v) is 4.63. The van der Waals surface area contributed by atoms with Crippen LogP contribution < -0.4 is 10.9 Å². The van der Waals surface area contributed by atoms with E-state index < -0.39 is 5.91 Å². The predicted octanol–water partition coefficient (Wildman–Crippen LogP) is 0.584. The van der Waals surface area contributed by atoms with Gasteiger partial charge in [-0.1, -0.05) is 0 Å². The quantitative estimate of drug-likeness (QED) is 0.771. The third kappa shape index (κ3) is 2.12. The molecule has 106 valence electrons. The summed E-state index contributed by atoms with van der Waals surface area (Å²) in [5, 5.41) is 12.1. The SMILES string of the molecule is C[C@H](CO)NC(=O)c1nc2sc3c(c2c(=O)[nH]1)CCC3. The molecule has 0 bridgehead atoms. The van der Waals surface area contributed by atoms with Gasteiger partial charge in [-0.2, -0.15) is 0 Å². The van der Waals surface area contributed by atoms with Crippen LogP contribution >= 0.6 is 11.3 Å². The molecule has 1 amide bonds. The molecule has 20 heavy (non-hydrogen) atoms. The van der Waals surface area contributed by atoms with Gasteiger partial charge in [0.25, 0.3) is 11.5 Å². The molecule has 2 aromatic heterocycles. The van der Waals surface area contributed by atoms with E-state index in [0.29, 0.717) is 10.2 Å². The first-order chi connectivity index (χ1) is 9.60. The smallest absolute Gasteiger partial charge is 0.287 e. The normalized spacial score (nSPS) is 15.3. The first-order valence-electron chi connectivity index (χ1n) is 6.56. The fourth-order valence-electron chi connectivity index (χ4n) is 2.45. The molecule has 0 unspecified atom stereocenters. The van der Waals surface area contributed by atoms with Crippen molar-refractivity contribution in [3.8, 4) is 0 Å². The summed E-state index contributed by atoms with van der Waals surface area (Å²) in [5.74, 6) is -0.471. The molecule has 0 fully saturated rings. The number of aromatic nitrogens is 2. The van der Waals surface area contributed by atoms with Crippen molar-refractivity contribution in [1.82, 2.24) is 15.3 Å². The molecule has 3 N–H and O–H groups in total. The van der Waals surface area contributed by atoms with E-state index in [0.717, 1.165) is 24.8 Å². The number of fused-ring (bicyclic) bond motifs is 3. The number of hydrogen-bond acceptors (Lipinski definition) is 5. The Morgan fingerprint density at radius 3 is 3.10 bits per heavy atom. The molecule has 0 spiro atoms. The van der Waals surface area contributed by atoms with Gasteiger partial charge in [0, 0.05) is 10.9 Å². The van der Waals surface area contributed by atoms with Crippen LogP contribution in [0.1, 0.15) is 34.4 Å². The van der Waals surface area contributed by atoms with Gasteiger partial charge in [0.1, 0.15) is 4.83 Å². The van der Waals surface area contributed by atoms with Crippen molar-refractivity contribution in [2.75, 3.05) is 6.61 Å². The van der Waals surface area contributed by atoms with E-state index in [2.05, 4.69) is 15.3 Å². The number of hydrogen-bond donors (Lipinski definition) is 3. The van der Waals surface area contributed by atoms with Crippen LogP contribution in [0.2, 0.25) is 0 Å². The van der Waals surface area contributed by atoms with Gasteiger partial charge in [-0.15, -0.1) is 11.3 Å². The minimum absolute atomic E-state index is 0.00252. The van der Waals surface area contributed by atoms with Gasteiger partial charge in [-0.25, -0.2) is 4.98 Å². The van der Waals surface area contributed by atoms with Crippen molar-refractivity contribution in [2.24, 2.45) is 0 Å². The highest BCUT2D eigenvalue weighted by Crippen LogP contribution is 2.34. The third-order valence-electron chi connectivity index (χ3n) is 3.44. The average Bonchev–Trinajstić information content (AvgIpc) is 2.97. The van der Waals surface area contributed by atoms with Crippen LogP contribution in [0, 0.1) is 0 Å². The Morgan fingerprint density at radius 1 is 1.55 bits per heavy atom. The lowest BCUT2D eigenvalue weighted by atomic mass is 10.2. The number of thiophene rings is 1. The minimum atomic E-state index is -0.473. The number of aliphatic hydroxyl groups excluding tert-OH is 1. The maximum Gasteiger partial charge on any atom is 0.287 e. The molecule has 0 aliphatic heterocycles. The lowest BCUT2D eigenvalue weighted by Crippen LogP contribution is -2.36. The molecular weight excluding hydrogens is 278 g/mol. The maximum absolute atomic E-state index is 12.2. The van der Waals surface area contributed by atoms with E-state index in [1.807, 2.05) is 0 Å². The lowest BCUT2D eigenvalue weighted by molar-refractivity contribution is 0.0912. The number of carbonyl (C=O) groups is 1. The highest BCUT2D eigenvalue weighted by atomic mass is 32.1. The summed E-state index contributed by atoms with van der Waals surface area (Å²) in [6.45, 7) is 1.51. The number of aryl methyl sites for hydroxylation is 2. The highest BCUT2D eigenvalue weighted by molar-refractivity contribution is 7.18. The first kappa shape index (κ1) is 13.3. The van der Waals surface area contributed by atoms with Gasteiger partial charge >= 0.3 is 0 Å². The van der Waals surface area contributed by atoms with Crippen LogP contribution in [0.3, 0.4) is 0 Å². The van der Waals surface area contributed by atoms with Crippen LogP contribution in [0.4, 0.5) is 0 Å². The van der Waals surface area contributed by atoms with Gasteiger partial charge in [-0.05, 0) is 31.7 Å². The van der Waals surface area contributed by atoms with Gasteiger partial charge in [-0.3, -0.25) is 9.59 Å². The molecule has 0 saturated heterocycles. The Bertz CT molecular complexity index is 734. The van der Waals surface area contributed by atoms with Crippen LogP contribution in [0.15, 0.2) is 4.79 Å². The number of H-pyrrole nitrogens is 1. The number of rotatable bonds is 3. The van der Waals surface area contributed by atoms with Crippen LogP contribution in [-0.4, -0.2) is 33.6 Å². The molecule has 1 atom stereocenters. The van der Waals surface area contributed by atoms with E-state index in [9.17, 15) is 9.59 Å². The largest absolute Gasteiger partial charge is 0.394 e. The number of nitrogens with zero attached hydrogens (tertiary/aromatic N) is 1.